The first-order chi connectivity index (χ1) is 10.6. The van der Waals surface area contributed by atoms with E-state index in [0.717, 1.165) is 10.6 Å². The highest BCUT2D eigenvalue weighted by molar-refractivity contribution is 7.15. The van der Waals surface area contributed by atoms with Gasteiger partial charge in [-0.2, -0.15) is 0 Å². The van der Waals surface area contributed by atoms with Crippen molar-refractivity contribution in [2.45, 2.75) is 26.7 Å². The summed E-state index contributed by atoms with van der Waals surface area (Å²) in [6.45, 7) is 8.69. The van der Waals surface area contributed by atoms with Gasteiger partial charge in [-0.1, -0.05) is 42.2 Å². The second-order valence-electron chi connectivity index (χ2n) is 5.13. The normalized spacial score (nSPS) is 18.4. The zero-order valence-electron chi connectivity index (χ0n) is 13.0. The van der Waals surface area contributed by atoms with Crippen LogP contribution >= 0.6 is 11.3 Å². The topological polar surface area (TPSA) is 64.1 Å². The van der Waals surface area contributed by atoms with Gasteiger partial charge in [0.15, 0.2) is 0 Å². The molecule has 0 saturated carbocycles. The molecule has 1 aliphatic heterocycles. The molecule has 6 heteroatoms. The van der Waals surface area contributed by atoms with Crippen molar-refractivity contribution in [3.05, 3.63) is 41.5 Å². The SMILES string of the molecule is C=CC=C(C=CC)C1(C(=O)Nc2nnc(C)s2)CCOCC1. The van der Waals surface area contributed by atoms with Gasteiger partial charge in [-0.05, 0) is 32.3 Å². The lowest BCUT2D eigenvalue weighted by Gasteiger charge is -2.36. The molecule has 0 aliphatic carbocycles. The number of amides is 1. The van der Waals surface area contributed by atoms with Crippen LogP contribution in [0.2, 0.25) is 0 Å². The number of aromatic nitrogens is 2. The molecule has 2 heterocycles. The van der Waals surface area contributed by atoms with Crippen LogP contribution in [0.25, 0.3) is 0 Å². The predicted molar refractivity (Wildman–Crippen MR) is 88.9 cm³/mol. The van der Waals surface area contributed by atoms with Gasteiger partial charge in [-0.25, -0.2) is 0 Å². The molecule has 1 aromatic heterocycles. The van der Waals surface area contributed by atoms with Crippen molar-refractivity contribution in [1.29, 1.82) is 0 Å². The molecule has 0 atom stereocenters. The Hall–Kier alpha value is -1.79. The van der Waals surface area contributed by atoms with E-state index in [9.17, 15) is 4.79 Å². The first kappa shape index (κ1) is 16.6. The maximum Gasteiger partial charge on any atom is 0.237 e. The second-order valence-corrected chi connectivity index (χ2v) is 6.31. The van der Waals surface area contributed by atoms with E-state index < -0.39 is 5.41 Å². The van der Waals surface area contributed by atoms with Gasteiger partial charge in [0.05, 0.1) is 5.41 Å². The number of nitrogens with zero attached hydrogens (tertiary/aromatic N) is 2. The summed E-state index contributed by atoms with van der Waals surface area (Å²) >= 11 is 1.37. The molecule has 1 saturated heterocycles. The number of allylic oxidation sites excluding steroid dienone is 4. The second kappa shape index (κ2) is 7.47. The highest BCUT2D eigenvalue weighted by Crippen LogP contribution is 2.40. The Morgan fingerprint density at radius 2 is 2.14 bits per heavy atom. The molecule has 1 fully saturated rings. The monoisotopic (exact) mass is 319 g/mol. The van der Waals surface area contributed by atoms with Gasteiger partial charge < -0.3 is 4.74 Å². The Morgan fingerprint density at radius 1 is 1.41 bits per heavy atom. The van der Waals surface area contributed by atoms with Gasteiger partial charge >= 0.3 is 0 Å². The number of carbonyl (C=O) groups excluding carboxylic acids is 1. The first-order valence-corrected chi connectivity index (χ1v) is 8.09. The van der Waals surface area contributed by atoms with Gasteiger partial charge in [0, 0.05) is 13.2 Å². The minimum atomic E-state index is -0.613. The average Bonchev–Trinajstić information content (AvgIpc) is 2.93. The van der Waals surface area contributed by atoms with Crippen molar-refractivity contribution in [3.63, 3.8) is 0 Å². The van der Waals surface area contributed by atoms with Gasteiger partial charge in [0.1, 0.15) is 5.01 Å². The van der Waals surface area contributed by atoms with E-state index in [4.69, 9.17) is 4.74 Å². The molecule has 0 bridgehead atoms. The molecule has 0 radical (unpaired) electrons. The van der Waals surface area contributed by atoms with Crippen LogP contribution in [0, 0.1) is 12.3 Å². The number of nitrogens with one attached hydrogen (secondary N) is 1. The van der Waals surface area contributed by atoms with Crippen LogP contribution in [-0.2, 0) is 9.53 Å². The van der Waals surface area contributed by atoms with Crippen LogP contribution in [0.5, 0.6) is 0 Å². The number of carbonyl (C=O) groups is 1. The highest BCUT2D eigenvalue weighted by Gasteiger charge is 2.42. The van der Waals surface area contributed by atoms with E-state index in [-0.39, 0.29) is 5.91 Å². The lowest BCUT2D eigenvalue weighted by atomic mass is 9.72. The predicted octanol–water partition coefficient (Wildman–Crippen LogP) is 3.27. The Bertz CT molecular complexity index is 598. The van der Waals surface area contributed by atoms with Crippen molar-refractivity contribution in [2.24, 2.45) is 5.41 Å². The molecule has 118 valence electrons. The number of ether oxygens (including phenoxy) is 1. The fraction of sp³-hybridized carbons (Fsp3) is 0.438. The van der Waals surface area contributed by atoms with Crippen LogP contribution < -0.4 is 5.32 Å². The standard InChI is InChI=1S/C16H21N3O2S/c1-4-6-13(7-5-2)16(8-10-21-11-9-16)14(20)17-15-19-18-12(3)22-15/h4-7H,1,8-11H2,2-3H3,(H,17,19,20). The summed E-state index contributed by atoms with van der Waals surface area (Å²) in [7, 11) is 0. The summed E-state index contributed by atoms with van der Waals surface area (Å²) in [4.78, 5) is 13.0. The largest absolute Gasteiger partial charge is 0.381 e. The zero-order chi connectivity index (χ0) is 16.0. The van der Waals surface area contributed by atoms with Crippen molar-refractivity contribution < 1.29 is 9.53 Å². The van der Waals surface area contributed by atoms with E-state index >= 15 is 0 Å². The van der Waals surface area contributed by atoms with E-state index in [1.54, 1.807) is 6.08 Å². The third-order valence-electron chi connectivity index (χ3n) is 3.72. The van der Waals surface area contributed by atoms with Gasteiger partial charge in [0.25, 0.3) is 0 Å². The quantitative estimate of drug-likeness (QED) is 0.846. The van der Waals surface area contributed by atoms with Crippen LogP contribution in [0.3, 0.4) is 0 Å². The van der Waals surface area contributed by atoms with Gasteiger partial charge in [-0.3, -0.25) is 10.1 Å². The number of aryl methyl sites for hydroxylation is 1. The lowest BCUT2D eigenvalue weighted by molar-refractivity contribution is -0.128. The smallest absolute Gasteiger partial charge is 0.237 e. The minimum absolute atomic E-state index is 0.0573. The number of hydrogen-bond donors (Lipinski definition) is 1. The molecule has 1 aromatic rings. The number of rotatable bonds is 5. The fourth-order valence-electron chi connectivity index (χ4n) is 2.61. The Kier molecular flexibility index (Phi) is 5.63. The van der Waals surface area contributed by atoms with E-state index in [0.29, 0.717) is 31.2 Å². The third kappa shape index (κ3) is 3.51. The van der Waals surface area contributed by atoms with Crippen LogP contribution in [0.15, 0.2) is 36.5 Å². The molecular formula is C16H21N3O2S. The molecule has 1 aliphatic rings. The molecule has 5 nitrogen and oxygen atoms in total. The van der Waals surface area contributed by atoms with Crippen molar-refractivity contribution >= 4 is 22.4 Å². The molecule has 0 aromatic carbocycles. The summed E-state index contributed by atoms with van der Waals surface area (Å²) < 4.78 is 5.45. The summed E-state index contributed by atoms with van der Waals surface area (Å²) in [5.74, 6) is -0.0573. The maximum absolute atomic E-state index is 13.0. The number of anilines is 1. The van der Waals surface area contributed by atoms with Crippen LogP contribution in [-0.4, -0.2) is 29.3 Å². The molecule has 0 spiro atoms. The van der Waals surface area contributed by atoms with Crippen molar-refractivity contribution in [1.82, 2.24) is 10.2 Å². The fourth-order valence-corrected chi connectivity index (χ4v) is 3.20. The summed E-state index contributed by atoms with van der Waals surface area (Å²) in [6, 6.07) is 0. The van der Waals surface area contributed by atoms with Gasteiger partial charge in [-0.15, -0.1) is 10.2 Å². The number of hydrogen-bond acceptors (Lipinski definition) is 5. The summed E-state index contributed by atoms with van der Waals surface area (Å²) in [5, 5.41) is 12.2. The highest BCUT2D eigenvalue weighted by atomic mass is 32.1. The first-order valence-electron chi connectivity index (χ1n) is 7.27. The molecular weight excluding hydrogens is 298 g/mol. The Labute approximate surface area is 134 Å². The van der Waals surface area contributed by atoms with Crippen LogP contribution in [0.1, 0.15) is 24.8 Å². The molecule has 2 rings (SSSR count). The van der Waals surface area contributed by atoms with Crippen LogP contribution in [0.4, 0.5) is 5.13 Å². The Balaban J connectivity index is 2.33. The van der Waals surface area contributed by atoms with Crippen molar-refractivity contribution in [3.8, 4) is 0 Å². The molecule has 0 unspecified atom stereocenters. The van der Waals surface area contributed by atoms with E-state index in [1.807, 2.05) is 32.1 Å². The summed E-state index contributed by atoms with van der Waals surface area (Å²) in [5.41, 5.74) is 0.338. The Morgan fingerprint density at radius 3 is 2.68 bits per heavy atom. The third-order valence-corrected chi connectivity index (χ3v) is 4.48. The van der Waals surface area contributed by atoms with E-state index in [2.05, 4.69) is 22.1 Å². The van der Waals surface area contributed by atoms with Gasteiger partial charge in [0.2, 0.25) is 11.0 Å². The molecule has 1 amide bonds. The molecule has 1 N–H and O–H groups in total. The van der Waals surface area contributed by atoms with E-state index in [1.165, 1.54) is 11.3 Å². The maximum atomic E-state index is 13.0. The average molecular weight is 319 g/mol. The summed E-state index contributed by atoms with van der Waals surface area (Å²) in [6.07, 6.45) is 8.80. The molecule has 22 heavy (non-hydrogen) atoms. The lowest BCUT2D eigenvalue weighted by Crippen LogP contribution is -2.42. The zero-order valence-corrected chi connectivity index (χ0v) is 13.8. The van der Waals surface area contributed by atoms with Crippen molar-refractivity contribution in [2.75, 3.05) is 18.5 Å². The minimum Gasteiger partial charge on any atom is -0.381 e.